The summed E-state index contributed by atoms with van der Waals surface area (Å²) in [5.74, 6) is 0.934. The molecule has 112 valence electrons. The minimum Gasteiger partial charge on any atom is -0.490 e. The largest absolute Gasteiger partial charge is 0.490 e. The van der Waals surface area contributed by atoms with Gasteiger partial charge in [0.1, 0.15) is 11.9 Å². The molecule has 0 fully saturated rings. The van der Waals surface area contributed by atoms with Crippen LogP contribution in [-0.2, 0) is 4.74 Å². The van der Waals surface area contributed by atoms with Gasteiger partial charge in [0.05, 0.1) is 5.60 Å². The predicted octanol–water partition coefficient (Wildman–Crippen LogP) is 3.96. The molecule has 0 saturated heterocycles. The standard InChI is InChI=1S/C16H24ClNO2/c1-5-18-14-9-12(10-16(2,3)19-4)20-15-7-6-11(17)8-13(14)15/h6-8,12,14,18H,5,9-10H2,1-4H3. The third-order valence-electron chi connectivity index (χ3n) is 3.86. The van der Waals surface area contributed by atoms with Crippen LogP contribution in [0.4, 0.5) is 0 Å². The fourth-order valence-electron chi connectivity index (χ4n) is 2.71. The first-order valence-corrected chi connectivity index (χ1v) is 7.57. The van der Waals surface area contributed by atoms with Crippen LogP contribution in [0, 0.1) is 0 Å². The van der Waals surface area contributed by atoms with Crippen molar-refractivity contribution in [3.8, 4) is 5.75 Å². The number of nitrogens with one attached hydrogen (secondary N) is 1. The number of ether oxygens (including phenoxy) is 2. The fourth-order valence-corrected chi connectivity index (χ4v) is 2.89. The molecular weight excluding hydrogens is 274 g/mol. The normalized spacial score (nSPS) is 22.2. The lowest BCUT2D eigenvalue weighted by Gasteiger charge is -2.36. The highest BCUT2D eigenvalue weighted by Crippen LogP contribution is 2.38. The summed E-state index contributed by atoms with van der Waals surface area (Å²) in [6, 6.07) is 6.14. The SMILES string of the molecule is CCNC1CC(CC(C)(C)OC)Oc2ccc(Cl)cc21. The quantitative estimate of drug-likeness (QED) is 0.892. The molecule has 1 aliphatic rings. The number of methoxy groups -OCH3 is 1. The first-order valence-electron chi connectivity index (χ1n) is 7.20. The summed E-state index contributed by atoms with van der Waals surface area (Å²) in [5, 5.41) is 4.28. The third-order valence-corrected chi connectivity index (χ3v) is 4.10. The number of fused-ring (bicyclic) bond motifs is 1. The summed E-state index contributed by atoms with van der Waals surface area (Å²) in [4.78, 5) is 0. The van der Waals surface area contributed by atoms with Crippen LogP contribution in [0.3, 0.4) is 0 Å². The van der Waals surface area contributed by atoms with Gasteiger partial charge in [0.25, 0.3) is 0 Å². The van der Waals surface area contributed by atoms with Crippen LogP contribution in [0.15, 0.2) is 18.2 Å². The maximum atomic E-state index is 6.12. The maximum Gasteiger partial charge on any atom is 0.124 e. The lowest BCUT2D eigenvalue weighted by Crippen LogP contribution is -2.38. The highest BCUT2D eigenvalue weighted by Gasteiger charge is 2.32. The Morgan fingerprint density at radius 3 is 2.85 bits per heavy atom. The van der Waals surface area contributed by atoms with E-state index in [1.54, 1.807) is 7.11 Å². The average Bonchev–Trinajstić information content (AvgIpc) is 2.39. The third kappa shape index (κ3) is 3.66. The molecule has 4 heteroatoms. The summed E-state index contributed by atoms with van der Waals surface area (Å²) >= 11 is 6.10. The van der Waals surface area contributed by atoms with E-state index in [1.165, 1.54) is 0 Å². The monoisotopic (exact) mass is 297 g/mol. The molecule has 2 atom stereocenters. The zero-order valence-corrected chi connectivity index (χ0v) is 13.5. The molecule has 2 unspecified atom stereocenters. The minimum absolute atomic E-state index is 0.155. The fraction of sp³-hybridized carbons (Fsp3) is 0.625. The Kier molecular flexibility index (Phi) is 4.95. The van der Waals surface area contributed by atoms with Gasteiger partial charge in [0, 0.05) is 36.6 Å². The highest BCUT2D eigenvalue weighted by molar-refractivity contribution is 6.30. The molecule has 2 rings (SSSR count). The summed E-state index contributed by atoms with van der Waals surface area (Å²) < 4.78 is 11.6. The Hall–Kier alpha value is -0.770. The number of halogens is 1. The van der Waals surface area contributed by atoms with E-state index < -0.39 is 0 Å². The van der Waals surface area contributed by atoms with Crippen LogP contribution in [-0.4, -0.2) is 25.4 Å². The van der Waals surface area contributed by atoms with Crippen LogP contribution in [0.5, 0.6) is 5.75 Å². The molecule has 1 N–H and O–H groups in total. The van der Waals surface area contributed by atoms with Crippen LogP contribution in [0.1, 0.15) is 45.2 Å². The van der Waals surface area contributed by atoms with Gasteiger partial charge >= 0.3 is 0 Å². The van der Waals surface area contributed by atoms with E-state index in [0.29, 0.717) is 6.04 Å². The van der Waals surface area contributed by atoms with Crippen molar-refractivity contribution in [2.45, 2.75) is 51.4 Å². The highest BCUT2D eigenvalue weighted by atomic mass is 35.5. The van der Waals surface area contributed by atoms with E-state index in [2.05, 4.69) is 26.1 Å². The first-order chi connectivity index (χ1) is 9.45. The Morgan fingerprint density at radius 2 is 2.20 bits per heavy atom. The van der Waals surface area contributed by atoms with E-state index in [0.717, 1.165) is 35.7 Å². The maximum absolute atomic E-state index is 6.12. The van der Waals surface area contributed by atoms with Crippen molar-refractivity contribution in [3.63, 3.8) is 0 Å². The molecule has 1 aromatic carbocycles. The molecule has 0 aromatic heterocycles. The first kappa shape index (κ1) is 15.6. The Labute approximate surface area is 126 Å². The van der Waals surface area contributed by atoms with E-state index >= 15 is 0 Å². The van der Waals surface area contributed by atoms with E-state index in [9.17, 15) is 0 Å². The lowest BCUT2D eigenvalue weighted by molar-refractivity contribution is -0.0204. The number of hydrogen-bond donors (Lipinski definition) is 1. The van der Waals surface area contributed by atoms with Gasteiger partial charge < -0.3 is 14.8 Å². The molecule has 1 aliphatic heterocycles. The van der Waals surface area contributed by atoms with E-state index in [1.807, 2.05) is 18.2 Å². The molecule has 3 nitrogen and oxygen atoms in total. The molecular formula is C16H24ClNO2. The Bertz CT molecular complexity index is 462. The van der Waals surface area contributed by atoms with Crippen molar-refractivity contribution in [1.29, 1.82) is 0 Å². The number of hydrogen-bond acceptors (Lipinski definition) is 3. The van der Waals surface area contributed by atoms with E-state index in [4.69, 9.17) is 21.1 Å². The molecule has 1 aromatic rings. The van der Waals surface area contributed by atoms with Crippen molar-refractivity contribution in [2.24, 2.45) is 0 Å². The summed E-state index contributed by atoms with van der Waals surface area (Å²) in [5.41, 5.74) is 0.983. The Morgan fingerprint density at radius 1 is 1.45 bits per heavy atom. The van der Waals surface area contributed by atoms with Crippen LogP contribution < -0.4 is 10.1 Å². The summed E-state index contributed by atoms with van der Waals surface area (Å²) in [7, 11) is 1.75. The van der Waals surface area contributed by atoms with Crippen molar-refractivity contribution in [1.82, 2.24) is 5.32 Å². The second kappa shape index (κ2) is 6.33. The van der Waals surface area contributed by atoms with Crippen LogP contribution in [0.25, 0.3) is 0 Å². The number of benzene rings is 1. The smallest absolute Gasteiger partial charge is 0.124 e. The molecule has 0 spiro atoms. The van der Waals surface area contributed by atoms with Gasteiger partial charge in [-0.3, -0.25) is 0 Å². The molecule has 0 radical (unpaired) electrons. The number of rotatable bonds is 5. The van der Waals surface area contributed by atoms with Gasteiger partial charge in [-0.1, -0.05) is 18.5 Å². The average molecular weight is 298 g/mol. The topological polar surface area (TPSA) is 30.5 Å². The zero-order valence-electron chi connectivity index (χ0n) is 12.7. The lowest BCUT2D eigenvalue weighted by atomic mass is 9.90. The van der Waals surface area contributed by atoms with Gasteiger partial charge in [0.15, 0.2) is 0 Å². The van der Waals surface area contributed by atoms with Gasteiger partial charge in [-0.05, 0) is 38.6 Å². The van der Waals surface area contributed by atoms with Gasteiger partial charge in [-0.15, -0.1) is 0 Å². The molecule has 20 heavy (non-hydrogen) atoms. The molecule has 0 amide bonds. The van der Waals surface area contributed by atoms with Crippen molar-refractivity contribution < 1.29 is 9.47 Å². The van der Waals surface area contributed by atoms with Crippen LogP contribution in [0.2, 0.25) is 5.02 Å². The van der Waals surface area contributed by atoms with Crippen molar-refractivity contribution >= 4 is 11.6 Å². The second-order valence-corrected chi connectivity index (χ2v) is 6.37. The van der Waals surface area contributed by atoms with Gasteiger partial charge in [0.2, 0.25) is 0 Å². The van der Waals surface area contributed by atoms with E-state index in [-0.39, 0.29) is 11.7 Å². The molecule has 1 heterocycles. The Balaban J connectivity index is 2.20. The summed E-state index contributed by atoms with van der Waals surface area (Å²) in [6.07, 6.45) is 1.96. The van der Waals surface area contributed by atoms with Crippen molar-refractivity contribution in [2.75, 3.05) is 13.7 Å². The molecule has 0 saturated carbocycles. The summed E-state index contributed by atoms with van der Waals surface area (Å²) in [6.45, 7) is 7.23. The molecule has 0 bridgehead atoms. The molecule has 0 aliphatic carbocycles. The van der Waals surface area contributed by atoms with Crippen LogP contribution >= 0.6 is 11.6 Å². The van der Waals surface area contributed by atoms with Crippen molar-refractivity contribution in [3.05, 3.63) is 28.8 Å². The second-order valence-electron chi connectivity index (χ2n) is 5.94. The van der Waals surface area contributed by atoms with Gasteiger partial charge in [-0.25, -0.2) is 0 Å². The van der Waals surface area contributed by atoms with Gasteiger partial charge in [-0.2, -0.15) is 0 Å². The zero-order chi connectivity index (χ0) is 14.8. The minimum atomic E-state index is -0.175. The predicted molar refractivity (Wildman–Crippen MR) is 82.6 cm³/mol.